The van der Waals surface area contributed by atoms with Gasteiger partial charge in [0.25, 0.3) is 0 Å². The Morgan fingerprint density at radius 2 is 1.00 bits per heavy atom. The average Bonchev–Trinajstić information content (AvgIpc) is 0. The van der Waals surface area contributed by atoms with Crippen LogP contribution in [0.2, 0.25) is 0 Å². The standard InChI is InChI=1S/Al.Ni.O.W/q+3;+2;-2;. The maximum absolute atomic E-state index is 0. The monoisotopic (exact) mass is 285 g/mol. The molecule has 0 bridgehead atoms. The summed E-state index contributed by atoms with van der Waals surface area (Å²) in [5.41, 5.74) is 0. The summed E-state index contributed by atoms with van der Waals surface area (Å²) < 4.78 is 0. The fraction of sp³-hybridized carbons (Fsp3) is 0. The van der Waals surface area contributed by atoms with Crippen LogP contribution in [0.4, 0.5) is 0 Å². The van der Waals surface area contributed by atoms with E-state index in [1.807, 2.05) is 0 Å². The van der Waals surface area contributed by atoms with Crippen molar-refractivity contribution in [2.75, 3.05) is 0 Å². The van der Waals surface area contributed by atoms with Crippen molar-refractivity contribution >= 4 is 17.4 Å². The first-order valence-electron chi connectivity index (χ1n) is 0. The Labute approximate surface area is 60.2 Å². The van der Waals surface area contributed by atoms with E-state index in [0.717, 1.165) is 0 Å². The summed E-state index contributed by atoms with van der Waals surface area (Å²) >= 11 is 0. The van der Waals surface area contributed by atoms with Crippen molar-refractivity contribution in [1.29, 1.82) is 0 Å². The molecule has 0 aliphatic carbocycles. The van der Waals surface area contributed by atoms with Gasteiger partial charge in [-0.3, -0.25) is 0 Å². The molecule has 1 nitrogen and oxygen atoms in total. The van der Waals surface area contributed by atoms with Gasteiger partial charge in [0.2, 0.25) is 0 Å². The van der Waals surface area contributed by atoms with Crippen molar-refractivity contribution in [2.45, 2.75) is 0 Å². The summed E-state index contributed by atoms with van der Waals surface area (Å²) in [7, 11) is 0. The van der Waals surface area contributed by atoms with Crippen molar-refractivity contribution in [3.63, 3.8) is 0 Å². The van der Waals surface area contributed by atoms with Crippen LogP contribution in [-0.4, -0.2) is 17.4 Å². The Morgan fingerprint density at radius 3 is 1.00 bits per heavy atom. The minimum atomic E-state index is 0. The minimum Gasteiger partial charge on any atom is -2.00 e. The van der Waals surface area contributed by atoms with E-state index in [4.69, 9.17) is 0 Å². The third-order valence-electron chi connectivity index (χ3n) is 0. The van der Waals surface area contributed by atoms with E-state index in [-0.39, 0.29) is 60.4 Å². The summed E-state index contributed by atoms with van der Waals surface area (Å²) in [5, 5.41) is 0. The van der Waals surface area contributed by atoms with E-state index in [9.17, 15) is 0 Å². The molecule has 0 heterocycles. The Hall–Kier alpha value is 1.67. The van der Waals surface area contributed by atoms with E-state index < -0.39 is 0 Å². The third-order valence-corrected chi connectivity index (χ3v) is 0. The normalized spacial score (nSPS) is 0. The third kappa shape index (κ3) is 9.37. The molecule has 0 saturated heterocycles. The fourth-order valence-corrected chi connectivity index (χ4v) is 0. The van der Waals surface area contributed by atoms with Gasteiger partial charge < -0.3 is 5.48 Å². The van der Waals surface area contributed by atoms with E-state index in [0.29, 0.717) is 0 Å². The summed E-state index contributed by atoms with van der Waals surface area (Å²) in [6.45, 7) is 0. The second-order valence-corrected chi connectivity index (χ2v) is 0. The van der Waals surface area contributed by atoms with Crippen molar-refractivity contribution in [2.24, 2.45) is 0 Å². The van der Waals surface area contributed by atoms with Crippen LogP contribution in [0.3, 0.4) is 0 Å². The molecule has 0 atom stereocenters. The van der Waals surface area contributed by atoms with Crippen LogP contribution in [0.25, 0.3) is 0 Å². The van der Waals surface area contributed by atoms with Gasteiger partial charge in [0.05, 0.1) is 0 Å². The number of rotatable bonds is 0. The first kappa shape index (κ1) is 44.2. The van der Waals surface area contributed by atoms with Crippen molar-refractivity contribution in [3.05, 3.63) is 0 Å². The van der Waals surface area contributed by atoms with Crippen LogP contribution in [0.15, 0.2) is 0 Å². The first-order valence-corrected chi connectivity index (χ1v) is 0. The zero-order chi connectivity index (χ0) is 0. The number of hydrogen-bond acceptors (Lipinski definition) is 0. The quantitative estimate of drug-likeness (QED) is 0.537. The van der Waals surface area contributed by atoms with Gasteiger partial charge in [0.1, 0.15) is 0 Å². The second kappa shape index (κ2) is 22.5. The van der Waals surface area contributed by atoms with Gasteiger partial charge >= 0.3 is 33.9 Å². The van der Waals surface area contributed by atoms with E-state index >= 15 is 0 Å². The molecule has 0 spiro atoms. The van der Waals surface area contributed by atoms with Crippen molar-refractivity contribution < 1.29 is 43.0 Å². The minimum absolute atomic E-state index is 0. The predicted molar refractivity (Wildman–Crippen MR) is 6.44 cm³/mol. The Morgan fingerprint density at radius 1 is 1.00 bits per heavy atom. The first-order chi connectivity index (χ1) is 0. The van der Waals surface area contributed by atoms with Gasteiger partial charge in [-0.1, -0.05) is 0 Å². The van der Waals surface area contributed by atoms with Crippen LogP contribution in [0.5, 0.6) is 0 Å². The average molecular weight is 286 g/mol. The Kier molecular flexibility index (Phi) is 249. The molecule has 0 aromatic carbocycles. The molecule has 0 aliphatic rings. The molecule has 0 N–H and O–H groups in total. The molecule has 0 aromatic heterocycles. The topological polar surface area (TPSA) is 28.5 Å². The molecular formula is AlNiOW+3. The van der Waals surface area contributed by atoms with Gasteiger partial charge in [0.15, 0.2) is 0 Å². The predicted octanol–water partition coefficient (Wildman–Crippen LogP) is -0.505. The van der Waals surface area contributed by atoms with Crippen LogP contribution >= 0.6 is 0 Å². The molecule has 0 rings (SSSR count). The molecular weight excluding hydrogens is 286 g/mol. The van der Waals surface area contributed by atoms with Gasteiger partial charge in [0, 0.05) is 21.1 Å². The summed E-state index contributed by atoms with van der Waals surface area (Å²) in [6, 6.07) is 0. The van der Waals surface area contributed by atoms with Crippen LogP contribution in [0, 0.1) is 0 Å². The summed E-state index contributed by atoms with van der Waals surface area (Å²) in [6.07, 6.45) is 0. The van der Waals surface area contributed by atoms with Crippen LogP contribution in [-0.2, 0) is 43.0 Å². The van der Waals surface area contributed by atoms with Gasteiger partial charge in [-0.15, -0.1) is 0 Å². The van der Waals surface area contributed by atoms with Crippen molar-refractivity contribution in [1.82, 2.24) is 0 Å². The Balaban J connectivity index is 0. The molecule has 0 saturated carbocycles. The molecule has 0 aliphatic heterocycles. The molecule has 0 amide bonds. The second-order valence-electron chi connectivity index (χ2n) is 0. The number of hydrogen-bond donors (Lipinski definition) is 0. The van der Waals surface area contributed by atoms with E-state index in [1.165, 1.54) is 0 Å². The Bertz CT molecular complexity index is 8.00. The zero-order valence-corrected chi connectivity index (χ0v) is 6.79. The SMILES string of the molecule is [Al+3].[Ni+2].[O-2].[W]. The molecule has 4 heavy (non-hydrogen) atoms. The van der Waals surface area contributed by atoms with Crippen molar-refractivity contribution in [3.8, 4) is 0 Å². The fourth-order valence-electron chi connectivity index (χ4n) is 0. The van der Waals surface area contributed by atoms with Gasteiger partial charge in [-0.25, -0.2) is 0 Å². The van der Waals surface area contributed by atoms with Crippen LogP contribution in [0.1, 0.15) is 0 Å². The van der Waals surface area contributed by atoms with Gasteiger partial charge in [-0.05, 0) is 0 Å². The largest absolute Gasteiger partial charge is 3.00 e. The molecule has 0 unspecified atom stereocenters. The van der Waals surface area contributed by atoms with Crippen LogP contribution < -0.4 is 0 Å². The molecule has 4 heteroatoms. The smallest absolute Gasteiger partial charge is 2.00 e. The maximum Gasteiger partial charge on any atom is 3.00 e. The molecule has 0 fully saturated rings. The van der Waals surface area contributed by atoms with E-state index in [2.05, 4.69) is 0 Å². The summed E-state index contributed by atoms with van der Waals surface area (Å²) in [5.74, 6) is 0. The summed E-state index contributed by atoms with van der Waals surface area (Å²) in [4.78, 5) is 0. The maximum atomic E-state index is 0. The zero-order valence-electron chi connectivity index (χ0n) is 1.71. The van der Waals surface area contributed by atoms with Gasteiger partial charge in [-0.2, -0.15) is 0 Å². The molecule has 0 radical (unpaired) electrons. The van der Waals surface area contributed by atoms with E-state index in [1.54, 1.807) is 0 Å². The molecule has 22 valence electrons. The molecule has 0 aromatic rings.